The third-order valence-electron chi connectivity index (χ3n) is 4.90. The number of likely N-dealkylation sites (N-methyl/N-ethyl adjacent to an activating group) is 1. The maximum Gasteiger partial charge on any atom is 0.267 e. The van der Waals surface area contributed by atoms with Crippen molar-refractivity contribution in [2.24, 2.45) is 5.73 Å². The van der Waals surface area contributed by atoms with Crippen LogP contribution in [0, 0.1) is 11.8 Å². The number of aliphatic hydroxyl groups is 1. The summed E-state index contributed by atoms with van der Waals surface area (Å²) >= 11 is 0. The van der Waals surface area contributed by atoms with Gasteiger partial charge in [0.25, 0.3) is 5.91 Å². The van der Waals surface area contributed by atoms with Crippen LogP contribution in [0.25, 0.3) is 17.2 Å². The molecule has 150 valence electrons. The van der Waals surface area contributed by atoms with Crippen molar-refractivity contribution < 1.29 is 9.90 Å². The Balaban J connectivity index is 1.72. The van der Waals surface area contributed by atoms with E-state index in [1.54, 1.807) is 18.2 Å². The van der Waals surface area contributed by atoms with Gasteiger partial charge in [-0.1, -0.05) is 30.6 Å². The lowest BCUT2D eigenvalue weighted by Gasteiger charge is -2.19. The van der Waals surface area contributed by atoms with Gasteiger partial charge in [0.2, 0.25) is 0 Å². The van der Waals surface area contributed by atoms with Gasteiger partial charge in [-0.2, -0.15) is 5.10 Å². The maximum absolute atomic E-state index is 11.7. The van der Waals surface area contributed by atoms with Gasteiger partial charge in [-0.05, 0) is 12.1 Å². The second-order valence-corrected chi connectivity index (χ2v) is 6.95. The van der Waals surface area contributed by atoms with Gasteiger partial charge in [0.1, 0.15) is 18.3 Å². The second-order valence-electron chi connectivity index (χ2n) is 6.95. The minimum atomic E-state index is -1.24. The fraction of sp³-hybridized carbons (Fsp3) is 0.190. The quantitative estimate of drug-likeness (QED) is 0.621. The highest BCUT2D eigenvalue weighted by Gasteiger charge is 2.36. The van der Waals surface area contributed by atoms with Gasteiger partial charge in [0.15, 0.2) is 17.2 Å². The molecule has 0 spiro atoms. The molecule has 0 radical (unpaired) electrons. The molecule has 3 aromatic rings. The molecule has 0 saturated carbocycles. The molecule has 0 aliphatic carbocycles. The molecule has 1 aliphatic heterocycles. The van der Waals surface area contributed by atoms with Crippen LogP contribution < -0.4 is 5.73 Å². The van der Waals surface area contributed by atoms with E-state index in [1.165, 1.54) is 23.4 Å². The number of carbonyl (C=O) groups is 1. The first-order chi connectivity index (χ1) is 14.4. The lowest BCUT2D eigenvalue weighted by atomic mass is 10.00. The van der Waals surface area contributed by atoms with Crippen molar-refractivity contribution in [2.75, 3.05) is 13.6 Å². The molecule has 2 aromatic heterocycles. The Morgan fingerprint density at radius 2 is 2.17 bits per heavy atom. The highest BCUT2D eigenvalue weighted by atomic mass is 16.3. The molecule has 0 bridgehead atoms. The standard InChI is InChI=1S/C21H19N7O2/c1-14-21(30,8-9-27(14)2)7-6-15-4-3-5-16(10-15)20-25-17(19(22)29)11-18(26-20)28-13-23-12-24-28/h3-5,10-13,30H,1,8-9H2,2H3,(H2,22,29)/t21-/m0/s1. The highest BCUT2D eigenvalue weighted by molar-refractivity contribution is 5.91. The van der Waals surface area contributed by atoms with Crippen LogP contribution >= 0.6 is 0 Å². The molecule has 1 atom stereocenters. The van der Waals surface area contributed by atoms with Crippen molar-refractivity contribution in [2.45, 2.75) is 12.0 Å². The second kappa shape index (κ2) is 7.42. The number of benzene rings is 1. The number of rotatable bonds is 3. The number of amides is 1. The molecule has 1 aromatic carbocycles. The van der Waals surface area contributed by atoms with E-state index in [-0.39, 0.29) is 5.69 Å². The topological polar surface area (TPSA) is 123 Å². The van der Waals surface area contributed by atoms with Crippen LogP contribution in [0.4, 0.5) is 0 Å². The predicted octanol–water partition coefficient (Wildman–Crippen LogP) is 0.755. The lowest BCUT2D eigenvalue weighted by molar-refractivity contribution is 0.0995. The summed E-state index contributed by atoms with van der Waals surface area (Å²) in [4.78, 5) is 26.2. The van der Waals surface area contributed by atoms with Crippen molar-refractivity contribution >= 4 is 5.91 Å². The number of hydrogen-bond donors (Lipinski definition) is 2. The van der Waals surface area contributed by atoms with Gasteiger partial charge in [-0.25, -0.2) is 19.6 Å². The third kappa shape index (κ3) is 3.64. The Morgan fingerprint density at radius 3 is 2.83 bits per heavy atom. The largest absolute Gasteiger partial charge is 0.375 e. The van der Waals surface area contributed by atoms with Gasteiger partial charge >= 0.3 is 0 Å². The average Bonchev–Trinajstić information content (AvgIpc) is 3.38. The molecular weight excluding hydrogens is 382 g/mol. The highest BCUT2D eigenvalue weighted by Crippen LogP contribution is 2.29. The van der Waals surface area contributed by atoms with Crippen LogP contribution in [0.1, 0.15) is 22.5 Å². The summed E-state index contributed by atoms with van der Waals surface area (Å²) in [6.45, 7) is 4.62. The van der Waals surface area contributed by atoms with Gasteiger partial charge in [0.05, 0.1) is 5.70 Å². The zero-order valence-electron chi connectivity index (χ0n) is 16.3. The fourth-order valence-corrected chi connectivity index (χ4v) is 3.10. The van der Waals surface area contributed by atoms with E-state index in [9.17, 15) is 9.90 Å². The summed E-state index contributed by atoms with van der Waals surface area (Å²) in [6.07, 6.45) is 3.33. The molecule has 30 heavy (non-hydrogen) atoms. The smallest absolute Gasteiger partial charge is 0.267 e. The molecule has 4 rings (SSSR count). The first-order valence-electron chi connectivity index (χ1n) is 9.16. The van der Waals surface area contributed by atoms with Crippen LogP contribution in [0.5, 0.6) is 0 Å². The van der Waals surface area contributed by atoms with Gasteiger partial charge in [-0.3, -0.25) is 4.79 Å². The van der Waals surface area contributed by atoms with Crippen molar-refractivity contribution in [1.82, 2.24) is 29.6 Å². The molecular formula is C21H19N7O2. The minimum absolute atomic E-state index is 0.0570. The van der Waals surface area contributed by atoms with Crippen LogP contribution in [0.15, 0.2) is 55.3 Å². The van der Waals surface area contributed by atoms with E-state index < -0.39 is 11.5 Å². The molecule has 1 fully saturated rings. The SMILES string of the molecule is C=C1N(C)CC[C@@]1(O)C#Cc1cccc(-c2nc(C(N)=O)cc(-n3cncn3)n2)c1. The van der Waals surface area contributed by atoms with Crippen LogP contribution in [0.3, 0.4) is 0 Å². The van der Waals surface area contributed by atoms with Crippen LogP contribution in [-0.2, 0) is 0 Å². The van der Waals surface area contributed by atoms with Crippen molar-refractivity contribution in [3.63, 3.8) is 0 Å². The van der Waals surface area contributed by atoms with Crippen molar-refractivity contribution in [3.05, 3.63) is 66.5 Å². The van der Waals surface area contributed by atoms with E-state index in [4.69, 9.17) is 5.73 Å². The summed E-state index contributed by atoms with van der Waals surface area (Å²) in [7, 11) is 1.87. The zero-order chi connectivity index (χ0) is 21.3. The number of primary amides is 1. The lowest BCUT2D eigenvalue weighted by Crippen LogP contribution is -2.26. The van der Waals surface area contributed by atoms with E-state index >= 15 is 0 Å². The number of carbonyl (C=O) groups excluding carboxylic acids is 1. The van der Waals surface area contributed by atoms with E-state index in [1.807, 2.05) is 18.0 Å². The first kappa shape index (κ1) is 19.3. The molecule has 1 aliphatic rings. The molecule has 1 saturated heterocycles. The van der Waals surface area contributed by atoms with Gasteiger partial charge in [-0.15, -0.1) is 0 Å². The fourth-order valence-electron chi connectivity index (χ4n) is 3.10. The zero-order valence-corrected chi connectivity index (χ0v) is 16.3. The molecule has 9 nitrogen and oxygen atoms in total. The normalized spacial score (nSPS) is 18.2. The Bertz CT molecular complexity index is 1190. The molecule has 3 N–H and O–H groups in total. The van der Waals surface area contributed by atoms with Crippen LogP contribution in [0.2, 0.25) is 0 Å². The summed E-state index contributed by atoms with van der Waals surface area (Å²) in [5.41, 5.74) is 6.14. The van der Waals surface area contributed by atoms with E-state index in [0.29, 0.717) is 41.4 Å². The molecule has 1 amide bonds. The molecule has 0 unspecified atom stereocenters. The van der Waals surface area contributed by atoms with Crippen molar-refractivity contribution in [1.29, 1.82) is 0 Å². The number of nitrogens with two attached hydrogens (primary N) is 1. The minimum Gasteiger partial charge on any atom is -0.375 e. The van der Waals surface area contributed by atoms with Crippen LogP contribution in [-0.4, -0.2) is 59.8 Å². The summed E-state index contributed by atoms with van der Waals surface area (Å²) < 4.78 is 1.42. The molecule has 3 heterocycles. The number of likely N-dealkylation sites (tertiary alicyclic amines) is 1. The summed E-state index contributed by atoms with van der Waals surface area (Å²) in [5.74, 6) is 5.91. The van der Waals surface area contributed by atoms with Crippen molar-refractivity contribution in [3.8, 4) is 29.0 Å². The number of hydrogen-bond acceptors (Lipinski definition) is 7. The Hall–Kier alpha value is -4.03. The number of nitrogens with zero attached hydrogens (tertiary/aromatic N) is 6. The van der Waals surface area contributed by atoms with Gasteiger partial charge < -0.3 is 15.7 Å². The third-order valence-corrected chi connectivity index (χ3v) is 4.90. The van der Waals surface area contributed by atoms with E-state index in [2.05, 4.69) is 38.5 Å². The average molecular weight is 401 g/mol. The monoisotopic (exact) mass is 401 g/mol. The maximum atomic E-state index is 11.7. The number of aromatic nitrogens is 5. The van der Waals surface area contributed by atoms with Gasteiger partial charge in [0, 0.05) is 37.2 Å². The van der Waals surface area contributed by atoms with E-state index in [0.717, 1.165) is 0 Å². The summed E-state index contributed by atoms with van der Waals surface area (Å²) in [6, 6.07) is 8.64. The Morgan fingerprint density at radius 1 is 1.33 bits per heavy atom. The summed E-state index contributed by atoms with van der Waals surface area (Å²) in [5, 5.41) is 14.7. The Labute approximate surface area is 172 Å². The first-order valence-corrected chi connectivity index (χ1v) is 9.16. The molecule has 9 heteroatoms. The predicted molar refractivity (Wildman–Crippen MR) is 109 cm³/mol. The Kier molecular flexibility index (Phi) is 4.77.